The van der Waals surface area contributed by atoms with E-state index < -0.39 is 0 Å². The van der Waals surface area contributed by atoms with E-state index in [0.717, 1.165) is 28.6 Å². The van der Waals surface area contributed by atoms with E-state index in [1.165, 1.54) is 47.3 Å². The van der Waals surface area contributed by atoms with Gasteiger partial charge in [-0.1, -0.05) is 20.8 Å². The topological polar surface area (TPSA) is 0 Å². The molecule has 0 heteroatoms. The lowest BCUT2D eigenvalue weighted by Crippen LogP contribution is -2.65. The first-order valence-electron chi connectivity index (χ1n) is 9.63. The molecule has 0 aromatic heterocycles. The number of hydrogen-bond acceptors (Lipinski definition) is 0. The van der Waals surface area contributed by atoms with Crippen molar-refractivity contribution >= 4 is 0 Å². The highest BCUT2D eigenvalue weighted by molar-refractivity contribution is 5.35. The van der Waals surface area contributed by atoms with Crippen LogP contribution in [0.25, 0.3) is 0 Å². The smallest absolute Gasteiger partial charge is 0.0212 e. The molecule has 8 fully saturated rings. The number of fused-ring (bicyclic) bond motifs is 1. The van der Waals surface area contributed by atoms with Crippen molar-refractivity contribution in [1.29, 1.82) is 0 Å². The Morgan fingerprint density at radius 2 is 1.65 bits per heavy atom. The Morgan fingerprint density at radius 3 is 2.35 bits per heavy atom. The summed E-state index contributed by atoms with van der Waals surface area (Å²) in [5.74, 6) is 12.9. The summed E-state index contributed by atoms with van der Waals surface area (Å²) in [6.07, 6.45) is 6.52. The van der Waals surface area contributed by atoms with Crippen LogP contribution in [-0.4, -0.2) is 0 Å². The standard InChI is InChI=1S/C20H28/c1-8-6-19-7-11(9(19)2)14-16-13-10(3)20(8)5-4-12(20)15(13)17(16)18(14)19/h8-18H,4-7H2,1-3H3. The number of rotatable bonds is 0. The lowest BCUT2D eigenvalue weighted by atomic mass is 9.35. The molecule has 8 aliphatic rings. The fourth-order valence-corrected chi connectivity index (χ4v) is 11.1. The van der Waals surface area contributed by atoms with E-state index in [0.29, 0.717) is 0 Å². The molecule has 8 rings (SSSR count). The van der Waals surface area contributed by atoms with Crippen LogP contribution in [0.15, 0.2) is 0 Å². The predicted octanol–water partition coefficient (Wildman–Crippen LogP) is 4.45. The van der Waals surface area contributed by atoms with E-state index in [4.69, 9.17) is 0 Å². The zero-order valence-electron chi connectivity index (χ0n) is 13.2. The molecule has 0 heterocycles. The summed E-state index contributed by atoms with van der Waals surface area (Å²) in [6.45, 7) is 8.04. The predicted molar refractivity (Wildman–Crippen MR) is 78.7 cm³/mol. The quantitative estimate of drug-likeness (QED) is 0.609. The van der Waals surface area contributed by atoms with Crippen LogP contribution in [-0.2, 0) is 0 Å². The first kappa shape index (κ1) is 10.7. The average Bonchev–Trinajstić information content (AvgIpc) is 2.79. The van der Waals surface area contributed by atoms with Crippen LogP contribution in [0.4, 0.5) is 0 Å². The minimum absolute atomic E-state index is 0.831. The van der Waals surface area contributed by atoms with E-state index in [-0.39, 0.29) is 0 Å². The van der Waals surface area contributed by atoms with Crippen LogP contribution in [0, 0.1) is 75.9 Å². The van der Waals surface area contributed by atoms with Gasteiger partial charge in [0.15, 0.2) is 0 Å². The molecule has 0 radical (unpaired) electrons. The van der Waals surface area contributed by atoms with Crippen molar-refractivity contribution in [2.45, 2.75) is 46.5 Å². The summed E-state index contributed by atoms with van der Waals surface area (Å²) in [6, 6.07) is 0. The Hall–Kier alpha value is 0. The summed E-state index contributed by atoms with van der Waals surface area (Å²) >= 11 is 0. The molecule has 20 heavy (non-hydrogen) atoms. The normalized spacial score (nSPS) is 83.8. The second-order valence-electron chi connectivity index (χ2n) is 10.5. The molecule has 0 aliphatic heterocycles. The second kappa shape index (κ2) is 2.56. The van der Waals surface area contributed by atoms with Crippen LogP contribution < -0.4 is 0 Å². The van der Waals surface area contributed by atoms with Crippen LogP contribution >= 0.6 is 0 Å². The molecule has 108 valence electrons. The molecule has 13 unspecified atom stereocenters. The van der Waals surface area contributed by atoms with Gasteiger partial charge in [-0.15, -0.1) is 0 Å². The van der Waals surface area contributed by atoms with Gasteiger partial charge in [0.05, 0.1) is 0 Å². The minimum atomic E-state index is 0.831. The van der Waals surface area contributed by atoms with Crippen molar-refractivity contribution in [3.05, 3.63) is 0 Å². The molecule has 13 atom stereocenters. The monoisotopic (exact) mass is 268 g/mol. The van der Waals surface area contributed by atoms with Crippen molar-refractivity contribution in [1.82, 2.24) is 0 Å². The molecular formula is C20H28. The van der Waals surface area contributed by atoms with Crippen molar-refractivity contribution < 1.29 is 0 Å². The SMILES string of the molecule is CC1C2CC13CC(C)C14CCC1C1C5C(C2C53)C1C4C. The van der Waals surface area contributed by atoms with Crippen LogP contribution in [0.1, 0.15) is 46.5 Å². The maximum Gasteiger partial charge on any atom is -0.0212 e. The van der Waals surface area contributed by atoms with Crippen molar-refractivity contribution in [3.8, 4) is 0 Å². The fraction of sp³-hybridized carbons (Fsp3) is 1.00. The van der Waals surface area contributed by atoms with E-state index in [9.17, 15) is 0 Å². The van der Waals surface area contributed by atoms with E-state index in [1.807, 2.05) is 0 Å². The Kier molecular flexibility index (Phi) is 1.37. The van der Waals surface area contributed by atoms with Crippen LogP contribution in [0.2, 0.25) is 0 Å². The Bertz CT molecular complexity index is 550. The van der Waals surface area contributed by atoms with Crippen molar-refractivity contribution in [2.75, 3.05) is 0 Å². The third-order valence-corrected chi connectivity index (χ3v) is 11.4. The highest BCUT2D eigenvalue weighted by Gasteiger charge is 2.87. The summed E-state index contributed by atoms with van der Waals surface area (Å²) in [5.41, 5.74) is 1.69. The third kappa shape index (κ3) is 0.642. The van der Waals surface area contributed by atoms with Crippen molar-refractivity contribution in [3.63, 3.8) is 0 Å². The zero-order valence-corrected chi connectivity index (χ0v) is 13.2. The van der Waals surface area contributed by atoms with Gasteiger partial charge in [0.1, 0.15) is 0 Å². The van der Waals surface area contributed by atoms with Crippen LogP contribution in [0.5, 0.6) is 0 Å². The Morgan fingerprint density at radius 1 is 0.800 bits per heavy atom. The maximum atomic E-state index is 2.70. The van der Waals surface area contributed by atoms with Gasteiger partial charge in [-0.3, -0.25) is 0 Å². The first-order valence-corrected chi connectivity index (χ1v) is 9.63. The largest absolute Gasteiger partial charge is 0.0619 e. The van der Waals surface area contributed by atoms with E-state index in [1.54, 1.807) is 25.7 Å². The third-order valence-electron chi connectivity index (χ3n) is 11.4. The molecule has 0 saturated heterocycles. The molecule has 8 saturated carbocycles. The number of hydrogen-bond donors (Lipinski definition) is 0. The van der Waals surface area contributed by atoms with Gasteiger partial charge in [-0.25, -0.2) is 0 Å². The molecule has 0 amide bonds. The summed E-state index contributed by atoms with van der Waals surface area (Å²) in [4.78, 5) is 0. The molecular weight excluding hydrogens is 240 g/mol. The Balaban J connectivity index is 1.48. The van der Waals surface area contributed by atoms with Gasteiger partial charge >= 0.3 is 0 Å². The average molecular weight is 268 g/mol. The van der Waals surface area contributed by atoms with Gasteiger partial charge in [-0.2, -0.15) is 0 Å². The molecule has 0 N–H and O–H groups in total. The second-order valence-corrected chi connectivity index (χ2v) is 10.5. The fourth-order valence-electron chi connectivity index (χ4n) is 11.1. The van der Waals surface area contributed by atoms with Gasteiger partial charge < -0.3 is 0 Å². The highest BCUT2D eigenvalue weighted by atomic mass is 14.9. The summed E-state index contributed by atoms with van der Waals surface area (Å²) in [5, 5.41) is 0. The molecule has 0 aromatic carbocycles. The zero-order chi connectivity index (χ0) is 13.2. The highest BCUT2D eigenvalue weighted by Crippen LogP contribution is 2.92. The summed E-state index contributed by atoms with van der Waals surface area (Å²) < 4.78 is 0. The van der Waals surface area contributed by atoms with Gasteiger partial charge in [-0.05, 0) is 102 Å². The molecule has 8 aliphatic carbocycles. The van der Waals surface area contributed by atoms with Gasteiger partial charge in [0, 0.05) is 0 Å². The lowest BCUT2D eigenvalue weighted by molar-refractivity contribution is -0.225. The van der Waals surface area contributed by atoms with Gasteiger partial charge in [0.2, 0.25) is 0 Å². The molecule has 0 aromatic rings. The molecule has 0 nitrogen and oxygen atoms in total. The van der Waals surface area contributed by atoms with Crippen molar-refractivity contribution in [2.24, 2.45) is 75.9 Å². The summed E-state index contributed by atoms with van der Waals surface area (Å²) in [7, 11) is 0. The van der Waals surface area contributed by atoms with Crippen LogP contribution in [0.3, 0.4) is 0 Å². The maximum absolute atomic E-state index is 2.70. The molecule has 1 spiro atoms. The minimum Gasteiger partial charge on any atom is -0.0619 e. The van der Waals surface area contributed by atoms with E-state index in [2.05, 4.69) is 20.8 Å². The first-order chi connectivity index (χ1) is 9.63. The van der Waals surface area contributed by atoms with Gasteiger partial charge in [0.25, 0.3) is 0 Å². The Labute approximate surface area is 123 Å². The molecule has 4 bridgehead atoms. The lowest BCUT2D eigenvalue weighted by Gasteiger charge is -2.69. The van der Waals surface area contributed by atoms with E-state index >= 15 is 0 Å².